The Kier molecular flexibility index (Phi) is 4.96. The monoisotopic (exact) mass is 256 g/mol. The van der Waals surface area contributed by atoms with E-state index in [1.165, 1.54) is 0 Å². The first-order valence-electron chi connectivity index (χ1n) is 5.69. The number of benzene rings is 1. The molecule has 0 aliphatic heterocycles. The lowest BCUT2D eigenvalue weighted by molar-refractivity contribution is 0.596. The Balaban J connectivity index is 2.73. The van der Waals surface area contributed by atoms with Gasteiger partial charge in [-0.3, -0.25) is 0 Å². The van der Waals surface area contributed by atoms with E-state index in [1.54, 1.807) is 6.92 Å². The van der Waals surface area contributed by atoms with Crippen LogP contribution in [0.1, 0.15) is 12.5 Å². The summed E-state index contributed by atoms with van der Waals surface area (Å²) in [5, 5.41) is 0. The quantitative estimate of drug-likeness (QED) is 0.825. The van der Waals surface area contributed by atoms with Crippen LogP contribution in [0.4, 0.5) is 5.69 Å². The van der Waals surface area contributed by atoms with Crippen molar-refractivity contribution in [2.45, 2.75) is 13.5 Å². The zero-order chi connectivity index (χ0) is 12.9. The molecular formula is C12H20N2O2S. The van der Waals surface area contributed by atoms with Crippen molar-refractivity contribution in [3.8, 4) is 0 Å². The molecule has 0 unspecified atom stereocenters. The summed E-state index contributed by atoms with van der Waals surface area (Å²) in [6, 6.07) is 7.78. The van der Waals surface area contributed by atoms with E-state index in [0.29, 0.717) is 13.1 Å². The lowest BCUT2D eigenvalue weighted by atomic mass is 10.1. The summed E-state index contributed by atoms with van der Waals surface area (Å²) in [7, 11) is -1.03. The van der Waals surface area contributed by atoms with Crippen LogP contribution in [0.5, 0.6) is 0 Å². The van der Waals surface area contributed by atoms with E-state index in [4.69, 9.17) is 5.73 Å². The van der Waals surface area contributed by atoms with Crippen LogP contribution < -0.4 is 10.6 Å². The summed E-state index contributed by atoms with van der Waals surface area (Å²) in [6.45, 7) is 2.62. The minimum atomic E-state index is -2.92. The van der Waals surface area contributed by atoms with Crippen molar-refractivity contribution < 1.29 is 8.42 Å². The van der Waals surface area contributed by atoms with Gasteiger partial charge in [-0.15, -0.1) is 0 Å². The Morgan fingerprint density at radius 2 is 1.94 bits per heavy atom. The molecule has 1 aromatic rings. The van der Waals surface area contributed by atoms with Gasteiger partial charge in [0.25, 0.3) is 0 Å². The first-order valence-corrected chi connectivity index (χ1v) is 7.52. The van der Waals surface area contributed by atoms with Crippen LogP contribution in [0.25, 0.3) is 0 Å². The average molecular weight is 256 g/mol. The first kappa shape index (κ1) is 14.0. The second-order valence-corrected chi connectivity index (χ2v) is 6.46. The fraction of sp³-hybridized carbons (Fsp3) is 0.500. The predicted octanol–water partition coefficient (Wildman–Crippen LogP) is 1.02. The molecule has 0 saturated carbocycles. The number of hydrogen-bond acceptors (Lipinski definition) is 4. The normalized spacial score (nSPS) is 11.5. The Hall–Kier alpha value is -1.07. The summed E-state index contributed by atoms with van der Waals surface area (Å²) < 4.78 is 22.9. The Labute approximate surface area is 103 Å². The Morgan fingerprint density at radius 3 is 2.53 bits per heavy atom. The van der Waals surface area contributed by atoms with Crippen molar-refractivity contribution in [3.05, 3.63) is 29.8 Å². The van der Waals surface area contributed by atoms with E-state index in [-0.39, 0.29) is 11.5 Å². The fourth-order valence-electron chi connectivity index (χ4n) is 1.60. The molecule has 0 radical (unpaired) electrons. The lowest BCUT2D eigenvalue weighted by Crippen LogP contribution is -2.27. The molecule has 5 heteroatoms. The van der Waals surface area contributed by atoms with Gasteiger partial charge in [0.05, 0.1) is 5.75 Å². The highest BCUT2D eigenvalue weighted by Gasteiger charge is 2.11. The molecule has 0 spiro atoms. The SMILES string of the molecule is CCS(=O)(=O)CCN(C)c1ccccc1CN. The lowest BCUT2D eigenvalue weighted by Gasteiger charge is -2.21. The van der Waals surface area contributed by atoms with Gasteiger partial charge < -0.3 is 10.6 Å². The van der Waals surface area contributed by atoms with Gasteiger partial charge in [-0.1, -0.05) is 25.1 Å². The van der Waals surface area contributed by atoms with Crippen molar-refractivity contribution >= 4 is 15.5 Å². The van der Waals surface area contributed by atoms with E-state index in [2.05, 4.69) is 0 Å². The second kappa shape index (κ2) is 6.02. The summed E-state index contributed by atoms with van der Waals surface area (Å²) >= 11 is 0. The standard InChI is InChI=1S/C12H20N2O2S/c1-3-17(15,16)9-8-14(2)12-7-5-4-6-11(12)10-13/h4-7H,3,8-10,13H2,1-2H3. The predicted molar refractivity (Wildman–Crippen MR) is 71.9 cm³/mol. The summed E-state index contributed by atoms with van der Waals surface area (Å²) in [5.74, 6) is 0.373. The van der Waals surface area contributed by atoms with Gasteiger partial charge in [0.1, 0.15) is 0 Å². The maximum atomic E-state index is 11.4. The van der Waals surface area contributed by atoms with Crippen LogP contribution in [0.15, 0.2) is 24.3 Å². The number of nitrogens with zero attached hydrogens (tertiary/aromatic N) is 1. The number of para-hydroxylation sites is 1. The molecule has 0 fully saturated rings. The highest BCUT2D eigenvalue weighted by Crippen LogP contribution is 2.18. The zero-order valence-electron chi connectivity index (χ0n) is 10.4. The number of hydrogen-bond donors (Lipinski definition) is 1. The van der Waals surface area contributed by atoms with Gasteiger partial charge in [0, 0.05) is 31.6 Å². The maximum Gasteiger partial charge on any atom is 0.151 e. The van der Waals surface area contributed by atoms with Gasteiger partial charge in [0.15, 0.2) is 9.84 Å². The number of anilines is 1. The molecule has 4 nitrogen and oxygen atoms in total. The second-order valence-electron chi connectivity index (χ2n) is 3.99. The highest BCUT2D eigenvalue weighted by molar-refractivity contribution is 7.91. The summed E-state index contributed by atoms with van der Waals surface area (Å²) in [4.78, 5) is 1.94. The van der Waals surface area contributed by atoms with Crippen LogP contribution in [-0.2, 0) is 16.4 Å². The average Bonchev–Trinajstić information content (AvgIpc) is 2.36. The first-order chi connectivity index (χ1) is 8.00. The number of sulfone groups is 1. The van der Waals surface area contributed by atoms with Crippen LogP contribution in [0.3, 0.4) is 0 Å². The Morgan fingerprint density at radius 1 is 1.29 bits per heavy atom. The van der Waals surface area contributed by atoms with E-state index < -0.39 is 9.84 Å². The number of nitrogens with two attached hydrogens (primary N) is 1. The summed E-state index contributed by atoms with van der Waals surface area (Å²) in [6.07, 6.45) is 0. The molecule has 0 atom stereocenters. The van der Waals surface area contributed by atoms with Crippen molar-refractivity contribution in [2.24, 2.45) is 5.73 Å². The molecule has 2 N–H and O–H groups in total. The molecule has 0 heterocycles. The molecule has 0 saturated heterocycles. The third kappa shape index (κ3) is 4.02. The highest BCUT2D eigenvalue weighted by atomic mass is 32.2. The van der Waals surface area contributed by atoms with E-state index >= 15 is 0 Å². The van der Waals surface area contributed by atoms with E-state index in [9.17, 15) is 8.42 Å². The molecule has 1 aromatic carbocycles. The molecule has 17 heavy (non-hydrogen) atoms. The topological polar surface area (TPSA) is 63.4 Å². The van der Waals surface area contributed by atoms with Crippen molar-refractivity contribution in [1.29, 1.82) is 0 Å². The Bertz CT molecular complexity index is 457. The van der Waals surface area contributed by atoms with Gasteiger partial charge >= 0.3 is 0 Å². The number of rotatable bonds is 6. The van der Waals surface area contributed by atoms with E-state index in [0.717, 1.165) is 11.3 Å². The molecular weight excluding hydrogens is 236 g/mol. The van der Waals surface area contributed by atoms with Crippen molar-refractivity contribution in [2.75, 3.05) is 30.0 Å². The fourth-order valence-corrected chi connectivity index (χ4v) is 2.44. The largest absolute Gasteiger partial charge is 0.373 e. The minimum Gasteiger partial charge on any atom is -0.373 e. The molecule has 0 aliphatic carbocycles. The van der Waals surface area contributed by atoms with E-state index in [1.807, 2.05) is 36.2 Å². The minimum absolute atomic E-state index is 0.179. The molecule has 0 aromatic heterocycles. The third-order valence-corrected chi connectivity index (χ3v) is 4.48. The smallest absolute Gasteiger partial charge is 0.151 e. The van der Waals surface area contributed by atoms with Gasteiger partial charge in [-0.25, -0.2) is 8.42 Å². The molecule has 96 valence electrons. The van der Waals surface area contributed by atoms with Gasteiger partial charge in [0.2, 0.25) is 0 Å². The molecule has 0 aliphatic rings. The molecule has 0 bridgehead atoms. The van der Waals surface area contributed by atoms with Crippen LogP contribution in [0, 0.1) is 0 Å². The molecule has 0 amide bonds. The third-order valence-electron chi connectivity index (χ3n) is 2.80. The maximum absolute atomic E-state index is 11.4. The van der Waals surface area contributed by atoms with Crippen molar-refractivity contribution in [1.82, 2.24) is 0 Å². The van der Waals surface area contributed by atoms with Gasteiger partial charge in [-0.2, -0.15) is 0 Å². The molecule has 1 rings (SSSR count). The van der Waals surface area contributed by atoms with Crippen LogP contribution >= 0.6 is 0 Å². The zero-order valence-corrected chi connectivity index (χ0v) is 11.2. The van der Waals surface area contributed by atoms with Crippen molar-refractivity contribution in [3.63, 3.8) is 0 Å². The van der Waals surface area contributed by atoms with Crippen LogP contribution in [0.2, 0.25) is 0 Å². The van der Waals surface area contributed by atoms with Crippen LogP contribution in [-0.4, -0.2) is 33.5 Å². The van der Waals surface area contributed by atoms with Gasteiger partial charge in [-0.05, 0) is 11.6 Å². The summed E-state index contributed by atoms with van der Waals surface area (Å²) in [5.41, 5.74) is 7.68.